The number of carbonyl (C=O) groups excluding carboxylic acids is 1. The minimum absolute atomic E-state index is 0.0122. The molecule has 0 spiro atoms. The molecule has 0 aromatic heterocycles. The van der Waals surface area contributed by atoms with Gasteiger partial charge in [0.25, 0.3) is 0 Å². The van der Waals surface area contributed by atoms with Gasteiger partial charge in [-0.1, -0.05) is 23.3 Å². The molecule has 102 valence electrons. The summed E-state index contributed by atoms with van der Waals surface area (Å²) >= 11 is 0. The predicted molar refractivity (Wildman–Crippen MR) is 75.5 cm³/mol. The van der Waals surface area contributed by atoms with Gasteiger partial charge in [0.2, 0.25) is 0 Å². The maximum absolute atomic E-state index is 11.6. The topological polar surface area (TPSA) is 57.5 Å². The van der Waals surface area contributed by atoms with Gasteiger partial charge in [-0.2, -0.15) is 0 Å². The minimum atomic E-state index is -0.0613. The number of hydrogen-bond acceptors (Lipinski definition) is 3. The van der Waals surface area contributed by atoms with Gasteiger partial charge in [-0.3, -0.25) is 4.79 Å². The molecule has 0 radical (unpaired) electrons. The van der Waals surface area contributed by atoms with E-state index in [9.17, 15) is 15.0 Å². The first-order valence-electron chi connectivity index (χ1n) is 7.15. The van der Waals surface area contributed by atoms with Crippen molar-refractivity contribution in [3.63, 3.8) is 0 Å². The van der Waals surface area contributed by atoms with Crippen LogP contribution in [0.4, 0.5) is 0 Å². The molecule has 2 unspecified atom stereocenters. The number of carbonyl (C=O) groups is 1. The zero-order valence-electron chi connectivity index (χ0n) is 11.1. The monoisotopic (exact) mass is 268 g/mol. The second-order valence-electron chi connectivity index (χ2n) is 5.95. The summed E-state index contributed by atoms with van der Waals surface area (Å²) in [7, 11) is 0. The van der Waals surface area contributed by atoms with Crippen molar-refractivity contribution in [2.75, 3.05) is 0 Å². The van der Waals surface area contributed by atoms with Gasteiger partial charge >= 0.3 is 0 Å². The minimum Gasteiger partial charge on any atom is -0.504 e. The number of hydrogen-bond donors (Lipinski definition) is 2. The van der Waals surface area contributed by atoms with Crippen LogP contribution in [0.2, 0.25) is 0 Å². The SMILES string of the molecule is O=C1C=C2CCC3C(=Cc4c3ccc(O)c4O)C2CC1. The molecule has 3 aliphatic carbocycles. The molecule has 1 aromatic rings. The van der Waals surface area contributed by atoms with Gasteiger partial charge in [0.15, 0.2) is 17.3 Å². The lowest BCUT2D eigenvalue weighted by atomic mass is 9.69. The number of phenols is 2. The van der Waals surface area contributed by atoms with Crippen LogP contribution in [0.5, 0.6) is 11.5 Å². The van der Waals surface area contributed by atoms with E-state index in [1.165, 1.54) is 11.1 Å². The molecule has 3 aliphatic rings. The van der Waals surface area contributed by atoms with Gasteiger partial charge in [-0.05, 0) is 37.0 Å². The summed E-state index contributed by atoms with van der Waals surface area (Å²) in [6.07, 6.45) is 7.30. The van der Waals surface area contributed by atoms with Crippen LogP contribution in [0.25, 0.3) is 6.08 Å². The molecule has 3 nitrogen and oxygen atoms in total. The highest BCUT2D eigenvalue weighted by atomic mass is 16.3. The zero-order chi connectivity index (χ0) is 13.9. The molecule has 3 heteroatoms. The molecule has 1 aromatic carbocycles. The highest BCUT2D eigenvalue weighted by Gasteiger charge is 2.38. The van der Waals surface area contributed by atoms with Crippen LogP contribution < -0.4 is 0 Å². The van der Waals surface area contributed by atoms with Crippen molar-refractivity contribution in [2.45, 2.75) is 31.6 Å². The van der Waals surface area contributed by atoms with E-state index in [4.69, 9.17) is 0 Å². The van der Waals surface area contributed by atoms with E-state index in [1.807, 2.05) is 18.2 Å². The number of ketones is 1. The number of rotatable bonds is 0. The summed E-state index contributed by atoms with van der Waals surface area (Å²) in [5, 5.41) is 19.7. The van der Waals surface area contributed by atoms with Gasteiger partial charge in [0.05, 0.1) is 0 Å². The molecule has 4 rings (SSSR count). The number of fused-ring (bicyclic) bond motifs is 5. The van der Waals surface area contributed by atoms with Gasteiger partial charge in [-0.25, -0.2) is 0 Å². The number of allylic oxidation sites excluding steroid dienone is 3. The van der Waals surface area contributed by atoms with Gasteiger partial charge in [0, 0.05) is 23.8 Å². The van der Waals surface area contributed by atoms with E-state index in [1.54, 1.807) is 6.07 Å². The molecule has 2 N–H and O–H groups in total. The third kappa shape index (κ3) is 1.49. The fraction of sp³-hybridized carbons (Fsp3) is 0.353. The quantitative estimate of drug-likeness (QED) is 0.710. The molecule has 0 bridgehead atoms. The predicted octanol–water partition coefficient (Wildman–Crippen LogP) is 3.28. The summed E-state index contributed by atoms with van der Waals surface area (Å²) in [6.45, 7) is 0. The Bertz CT molecular complexity index is 682. The van der Waals surface area contributed by atoms with Crippen molar-refractivity contribution in [2.24, 2.45) is 5.92 Å². The molecule has 2 atom stereocenters. The Labute approximate surface area is 117 Å². The van der Waals surface area contributed by atoms with Crippen LogP contribution in [0.15, 0.2) is 29.4 Å². The first-order valence-corrected chi connectivity index (χ1v) is 7.15. The van der Waals surface area contributed by atoms with Crippen LogP contribution in [0.3, 0.4) is 0 Å². The van der Waals surface area contributed by atoms with E-state index in [0.717, 1.165) is 30.4 Å². The standard InChI is InChI=1S/C17H16O3/c18-10-2-4-11-9(7-10)1-3-12-13-5-6-16(19)17(20)15(13)8-14(11)12/h5-8,11-12,19-20H,1-4H2. The summed E-state index contributed by atoms with van der Waals surface area (Å²) < 4.78 is 0. The average Bonchev–Trinajstić information content (AvgIpc) is 2.82. The van der Waals surface area contributed by atoms with Crippen molar-refractivity contribution in [1.82, 2.24) is 0 Å². The molecule has 1 fully saturated rings. The molecular weight excluding hydrogens is 252 g/mol. The Morgan fingerprint density at radius 2 is 1.80 bits per heavy atom. The van der Waals surface area contributed by atoms with Crippen molar-refractivity contribution in [1.29, 1.82) is 0 Å². The van der Waals surface area contributed by atoms with E-state index < -0.39 is 0 Å². The fourth-order valence-corrected chi connectivity index (χ4v) is 3.97. The van der Waals surface area contributed by atoms with Gasteiger partial charge in [0.1, 0.15) is 0 Å². The van der Waals surface area contributed by atoms with E-state index in [-0.39, 0.29) is 17.3 Å². The van der Waals surface area contributed by atoms with Gasteiger partial charge < -0.3 is 10.2 Å². The van der Waals surface area contributed by atoms with Crippen molar-refractivity contribution < 1.29 is 15.0 Å². The van der Waals surface area contributed by atoms with Gasteiger partial charge in [-0.15, -0.1) is 0 Å². The smallest absolute Gasteiger partial charge is 0.165 e. The number of phenolic OH excluding ortho intramolecular Hbond substituents is 2. The van der Waals surface area contributed by atoms with Crippen LogP contribution in [-0.4, -0.2) is 16.0 Å². The van der Waals surface area contributed by atoms with Crippen LogP contribution in [0.1, 0.15) is 42.7 Å². The fourth-order valence-electron chi connectivity index (χ4n) is 3.97. The van der Waals surface area contributed by atoms with Crippen molar-refractivity contribution in [3.05, 3.63) is 40.5 Å². The van der Waals surface area contributed by atoms with E-state index >= 15 is 0 Å². The molecule has 0 aliphatic heterocycles. The Morgan fingerprint density at radius 3 is 2.65 bits per heavy atom. The maximum atomic E-state index is 11.6. The normalized spacial score (nSPS) is 27.3. The first-order chi connectivity index (χ1) is 9.65. The zero-order valence-corrected chi connectivity index (χ0v) is 11.1. The lowest BCUT2D eigenvalue weighted by Gasteiger charge is -2.34. The van der Waals surface area contributed by atoms with Crippen LogP contribution >= 0.6 is 0 Å². The molecular formula is C17H16O3. The third-order valence-electron chi connectivity index (χ3n) is 4.92. The Balaban J connectivity index is 1.83. The van der Waals surface area contributed by atoms with Crippen molar-refractivity contribution in [3.8, 4) is 11.5 Å². The highest BCUT2D eigenvalue weighted by Crippen LogP contribution is 2.54. The van der Waals surface area contributed by atoms with E-state index in [0.29, 0.717) is 18.3 Å². The Hall–Kier alpha value is -2.03. The lowest BCUT2D eigenvalue weighted by Crippen LogP contribution is -2.23. The summed E-state index contributed by atoms with van der Waals surface area (Å²) in [4.78, 5) is 11.6. The van der Waals surface area contributed by atoms with Crippen LogP contribution in [0, 0.1) is 5.92 Å². The summed E-state index contributed by atoms with van der Waals surface area (Å²) in [6, 6.07) is 3.49. The lowest BCUT2D eigenvalue weighted by molar-refractivity contribution is -0.115. The third-order valence-corrected chi connectivity index (χ3v) is 4.92. The van der Waals surface area contributed by atoms with Crippen molar-refractivity contribution >= 4 is 11.9 Å². The second-order valence-corrected chi connectivity index (χ2v) is 5.95. The van der Waals surface area contributed by atoms with E-state index in [2.05, 4.69) is 0 Å². The number of aromatic hydroxyl groups is 2. The Morgan fingerprint density at radius 1 is 1.00 bits per heavy atom. The average molecular weight is 268 g/mol. The highest BCUT2D eigenvalue weighted by molar-refractivity contribution is 5.92. The molecule has 20 heavy (non-hydrogen) atoms. The number of benzene rings is 1. The largest absolute Gasteiger partial charge is 0.504 e. The molecule has 0 heterocycles. The summed E-state index contributed by atoms with van der Waals surface area (Å²) in [5.74, 6) is 0.856. The maximum Gasteiger partial charge on any atom is 0.165 e. The molecule has 0 saturated heterocycles. The first kappa shape index (κ1) is 11.8. The molecule has 0 amide bonds. The second kappa shape index (κ2) is 3.98. The van der Waals surface area contributed by atoms with Crippen LogP contribution in [-0.2, 0) is 4.79 Å². The summed E-state index contributed by atoms with van der Waals surface area (Å²) in [5.41, 5.74) is 4.44. The Kier molecular flexibility index (Phi) is 2.34. The molecule has 1 saturated carbocycles.